The summed E-state index contributed by atoms with van der Waals surface area (Å²) in [6.07, 6.45) is 1.07. The molecule has 8 nitrogen and oxygen atoms in total. The van der Waals surface area contributed by atoms with Gasteiger partial charge in [0.2, 0.25) is 5.91 Å². The fourth-order valence-electron chi connectivity index (χ4n) is 2.28. The molecule has 1 unspecified atom stereocenters. The lowest BCUT2D eigenvalue weighted by molar-refractivity contribution is -0.138. The number of hydrogen-bond acceptors (Lipinski definition) is 4. The number of nitrogens with zero attached hydrogens (tertiary/aromatic N) is 1. The van der Waals surface area contributed by atoms with Gasteiger partial charge in [-0.15, -0.1) is 0 Å². The molecule has 0 fully saturated rings. The number of fused-ring (bicyclic) bond motifs is 1. The Balaban J connectivity index is 2.55. The molecule has 0 aromatic carbocycles. The molecule has 108 valence electrons. The lowest BCUT2D eigenvalue weighted by atomic mass is 10.00. The standard InChI is InChI=1S/C12H15N3O5/c1-2-3-4-15-9-8(11(19)14-12(15)20)6(5-7(16)17)10(18)13-9/h6H,2-5H2,1H3,(H,13,18)(H,16,17)(H,14,19,20). The molecule has 1 atom stereocenters. The summed E-state index contributed by atoms with van der Waals surface area (Å²) in [6, 6.07) is 0. The van der Waals surface area contributed by atoms with E-state index in [0.717, 1.165) is 6.42 Å². The second-order valence-electron chi connectivity index (χ2n) is 4.67. The Kier molecular flexibility index (Phi) is 3.73. The Morgan fingerprint density at radius 2 is 2.05 bits per heavy atom. The lowest BCUT2D eigenvalue weighted by Crippen LogP contribution is -2.33. The summed E-state index contributed by atoms with van der Waals surface area (Å²) < 4.78 is 1.28. The predicted molar refractivity (Wildman–Crippen MR) is 69.9 cm³/mol. The van der Waals surface area contributed by atoms with Crippen LogP contribution in [0.1, 0.15) is 37.7 Å². The number of carbonyl (C=O) groups excluding carboxylic acids is 1. The zero-order chi connectivity index (χ0) is 14.9. The van der Waals surface area contributed by atoms with E-state index in [4.69, 9.17) is 5.11 Å². The molecule has 2 rings (SSSR count). The number of hydrogen-bond donors (Lipinski definition) is 3. The molecule has 1 aromatic rings. The summed E-state index contributed by atoms with van der Waals surface area (Å²) in [6.45, 7) is 2.30. The molecular weight excluding hydrogens is 266 g/mol. The number of aromatic nitrogens is 2. The second-order valence-corrected chi connectivity index (χ2v) is 4.67. The van der Waals surface area contributed by atoms with Crippen LogP contribution in [0.15, 0.2) is 9.59 Å². The first kappa shape index (κ1) is 14.0. The second kappa shape index (κ2) is 5.32. The van der Waals surface area contributed by atoms with Gasteiger partial charge in [0.05, 0.1) is 17.9 Å². The Labute approximate surface area is 113 Å². The van der Waals surface area contributed by atoms with Crippen molar-refractivity contribution in [2.75, 3.05) is 5.32 Å². The van der Waals surface area contributed by atoms with Gasteiger partial charge >= 0.3 is 11.7 Å². The van der Waals surface area contributed by atoms with E-state index in [1.165, 1.54) is 4.57 Å². The normalized spacial score (nSPS) is 16.9. The average Bonchev–Trinajstić information content (AvgIpc) is 2.66. The smallest absolute Gasteiger partial charge is 0.329 e. The molecule has 0 saturated carbocycles. The van der Waals surface area contributed by atoms with Gasteiger partial charge < -0.3 is 10.4 Å². The van der Waals surface area contributed by atoms with Crippen molar-refractivity contribution in [2.45, 2.75) is 38.6 Å². The number of carbonyl (C=O) groups is 2. The van der Waals surface area contributed by atoms with Crippen LogP contribution in [-0.4, -0.2) is 26.5 Å². The minimum Gasteiger partial charge on any atom is -0.481 e. The van der Waals surface area contributed by atoms with Gasteiger partial charge in [-0.3, -0.25) is 23.9 Å². The van der Waals surface area contributed by atoms with Crippen molar-refractivity contribution in [1.29, 1.82) is 0 Å². The van der Waals surface area contributed by atoms with Crippen molar-refractivity contribution in [3.05, 3.63) is 26.4 Å². The number of nitrogens with one attached hydrogen (secondary N) is 2. The lowest BCUT2D eigenvalue weighted by Gasteiger charge is -2.10. The molecule has 3 N–H and O–H groups in total. The number of H-pyrrole nitrogens is 1. The SMILES string of the molecule is CCCCn1c2c(c(=O)[nH]c1=O)C(CC(=O)O)C(=O)N2. The van der Waals surface area contributed by atoms with Crippen molar-refractivity contribution in [2.24, 2.45) is 0 Å². The average molecular weight is 281 g/mol. The van der Waals surface area contributed by atoms with E-state index >= 15 is 0 Å². The monoisotopic (exact) mass is 281 g/mol. The number of unbranched alkanes of at least 4 members (excludes halogenated alkanes) is 1. The third kappa shape index (κ3) is 2.36. The number of aliphatic carboxylic acids is 1. The Bertz CT molecular complexity index is 673. The highest BCUT2D eigenvalue weighted by atomic mass is 16.4. The number of anilines is 1. The van der Waals surface area contributed by atoms with Crippen LogP contribution in [0, 0.1) is 0 Å². The number of amides is 1. The van der Waals surface area contributed by atoms with Gasteiger partial charge in [-0.1, -0.05) is 13.3 Å². The number of carboxylic acid groups (broad SMARTS) is 1. The number of carboxylic acids is 1. The highest BCUT2D eigenvalue weighted by Crippen LogP contribution is 2.30. The molecule has 0 radical (unpaired) electrons. The molecule has 1 aromatic heterocycles. The van der Waals surface area contributed by atoms with Gasteiger partial charge in [0.15, 0.2) is 0 Å². The van der Waals surface area contributed by atoms with E-state index in [2.05, 4.69) is 10.3 Å². The predicted octanol–water partition coefficient (Wildman–Crippen LogP) is -0.153. The Hall–Kier alpha value is -2.38. The minimum absolute atomic E-state index is 0.0353. The number of aromatic amines is 1. The Morgan fingerprint density at radius 1 is 1.35 bits per heavy atom. The first-order chi connectivity index (χ1) is 9.45. The van der Waals surface area contributed by atoms with Crippen LogP contribution in [0.2, 0.25) is 0 Å². The molecule has 1 amide bonds. The van der Waals surface area contributed by atoms with Crippen molar-refractivity contribution in [1.82, 2.24) is 9.55 Å². The van der Waals surface area contributed by atoms with E-state index in [9.17, 15) is 19.2 Å². The molecule has 0 spiro atoms. The Morgan fingerprint density at radius 3 is 2.65 bits per heavy atom. The van der Waals surface area contributed by atoms with E-state index in [1.54, 1.807) is 0 Å². The highest BCUT2D eigenvalue weighted by Gasteiger charge is 2.37. The molecule has 1 aliphatic rings. The van der Waals surface area contributed by atoms with Crippen molar-refractivity contribution in [3.63, 3.8) is 0 Å². The summed E-state index contributed by atoms with van der Waals surface area (Å²) in [5.74, 6) is -2.67. The molecule has 0 bridgehead atoms. The first-order valence-corrected chi connectivity index (χ1v) is 6.35. The zero-order valence-electron chi connectivity index (χ0n) is 10.9. The zero-order valence-corrected chi connectivity index (χ0v) is 10.9. The van der Waals surface area contributed by atoms with Gasteiger partial charge in [0.1, 0.15) is 5.82 Å². The highest BCUT2D eigenvalue weighted by molar-refractivity contribution is 6.03. The molecule has 8 heteroatoms. The van der Waals surface area contributed by atoms with E-state index in [0.29, 0.717) is 13.0 Å². The van der Waals surface area contributed by atoms with Crippen molar-refractivity contribution in [3.8, 4) is 0 Å². The van der Waals surface area contributed by atoms with Crippen LogP contribution in [0.5, 0.6) is 0 Å². The topological polar surface area (TPSA) is 121 Å². The molecular formula is C12H15N3O5. The van der Waals surface area contributed by atoms with E-state index in [-0.39, 0.29) is 11.4 Å². The first-order valence-electron chi connectivity index (χ1n) is 6.35. The van der Waals surface area contributed by atoms with Crippen LogP contribution in [0.25, 0.3) is 0 Å². The van der Waals surface area contributed by atoms with Gasteiger partial charge in [0.25, 0.3) is 5.56 Å². The van der Waals surface area contributed by atoms with Crippen LogP contribution in [0.3, 0.4) is 0 Å². The summed E-state index contributed by atoms with van der Waals surface area (Å²) in [7, 11) is 0. The van der Waals surface area contributed by atoms with Crippen LogP contribution in [-0.2, 0) is 16.1 Å². The van der Waals surface area contributed by atoms with Gasteiger partial charge in [0, 0.05) is 6.54 Å². The maximum Gasteiger partial charge on any atom is 0.329 e. The molecule has 1 aliphatic heterocycles. The van der Waals surface area contributed by atoms with E-state index < -0.39 is 35.5 Å². The third-order valence-electron chi connectivity index (χ3n) is 3.26. The van der Waals surface area contributed by atoms with Gasteiger partial charge in [-0.2, -0.15) is 0 Å². The maximum atomic E-state index is 11.8. The quantitative estimate of drug-likeness (QED) is 0.692. The third-order valence-corrected chi connectivity index (χ3v) is 3.26. The van der Waals surface area contributed by atoms with Crippen molar-refractivity contribution >= 4 is 17.7 Å². The number of rotatable bonds is 5. The summed E-state index contributed by atoms with van der Waals surface area (Å²) in [5, 5.41) is 11.3. The largest absolute Gasteiger partial charge is 0.481 e. The molecule has 0 saturated heterocycles. The van der Waals surface area contributed by atoms with Crippen LogP contribution >= 0.6 is 0 Å². The van der Waals surface area contributed by atoms with E-state index in [1.807, 2.05) is 6.92 Å². The summed E-state index contributed by atoms with van der Waals surface area (Å²) in [5.41, 5.74) is -1.27. The molecule has 2 heterocycles. The molecule has 0 aliphatic carbocycles. The minimum atomic E-state index is -1.18. The van der Waals surface area contributed by atoms with Gasteiger partial charge in [-0.05, 0) is 6.42 Å². The van der Waals surface area contributed by atoms with Crippen LogP contribution < -0.4 is 16.6 Å². The fourth-order valence-corrected chi connectivity index (χ4v) is 2.28. The summed E-state index contributed by atoms with van der Waals surface area (Å²) in [4.78, 5) is 48.4. The fraction of sp³-hybridized carbons (Fsp3) is 0.500. The molecule has 20 heavy (non-hydrogen) atoms. The van der Waals surface area contributed by atoms with Gasteiger partial charge in [-0.25, -0.2) is 4.79 Å². The van der Waals surface area contributed by atoms with Crippen molar-refractivity contribution < 1.29 is 14.7 Å². The maximum absolute atomic E-state index is 11.8. The van der Waals surface area contributed by atoms with Crippen LogP contribution in [0.4, 0.5) is 5.82 Å². The summed E-state index contributed by atoms with van der Waals surface area (Å²) >= 11 is 0.